The van der Waals surface area contributed by atoms with E-state index < -0.39 is 11.5 Å². The topological polar surface area (TPSA) is 66.1 Å². The van der Waals surface area contributed by atoms with Gasteiger partial charge in [0.15, 0.2) is 0 Å². The third kappa shape index (κ3) is 1.97. The second-order valence-corrected chi connectivity index (χ2v) is 4.90. The van der Waals surface area contributed by atoms with Crippen molar-refractivity contribution in [2.24, 2.45) is 5.41 Å². The summed E-state index contributed by atoms with van der Waals surface area (Å²) in [5.41, 5.74) is 0.493. The number of ether oxygens (including phenoxy) is 1. The molecule has 4 nitrogen and oxygen atoms in total. The Labute approximate surface area is 111 Å². The zero-order chi connectivity index (χ0) is 13.3. The van der Waals surface area contributed by atoms with Crippen LogP contribution in [0.4, 0.5) is 0 Å². The molecule has 2 atom stereocenters. The lowest BCUT2D eigenvalue weighted by Crippen LogP contribution is -2.28. The molecule has 2 aromatic rings. The summed E-state index contributed by atoms with van der Waals surface area (Å²) in [4.78, 5) is 4.46. The van der Waals surface area contributed by atoms with Crippen molar-refractivity contribution in [1.82, 2.24) is 4.98 Å². The highest BCUT2D eigenvalue weighted by Crippen LogP contribution is 2.40. The smallest absolute Gasteiger partial charge is 0.117 e. The number of hydrogen-bond donors (Lipinski definition) is 1. The number of pyridine rings is 1. The molecule has 2 heterocycles. The van der Waals surface area contributed by atoms with Crippen molar-refractivity contribution in [3.05, 3.63) is 42.1 Å². The predicted octanol–water partition coefficient (Wildman–Crippen LogP) is 2.20. The van der Waals surface area contributed by atoms with E-state index in [2.05, 4.69) is 11.1 Å². The van der Waals surface area contributed by atoms with Gasteiger partial charge in [0.2, 0.25) is 0 Å². The van der Waals surface area contributed by atoms with Gasteiger partial charge >= 0.3 is 0 Å². The minimum Gasteiger partial charge on any atom is -0.385 e. The molecule has 1 aliphatic heterocycles. The van der Waals surface area contributed by atoms with Gasteiger partial charge in [-0.05, 0) is 18.6 Å². The summed E-state index contributed by atoms with van der Waals surface area (Å²) in [6.45, 7) is 0.775. The van der Waals surface area contributed by atoms with Gasteiger partial charge in [-0.15, -0.1) is 0 Å². The third-order valence-corrected chi connectivity index (χ3v) is 3.70. The lowest BCUT2D eigenvalue weighted by molar-refractivity contribution is 0.0475. The summed E-state index contributed by atoms with van der Waals surface area (Å²) in [5.74, 6) is 0. The number of aliphatic hydroxyl groups excluding tert-OH is 1. The molecule has 0 saturated carbocycles. The molecule has 0 bridgehead atoms. The Bertz CT molecular complexity index is 642. The Hall–Kier alpha value is -1.96. The van der Waals surface area contributed by atoms with Gasteiger partial charge in [0.1, 0.15) is 11.5 Å². The minimum absolute atomic E-state index is 0.263. The van der Waals surface area contributed by atoms with Crippen LogP contribution in [0.1, 0.15) is 18.2 Å². The molecule has 3 rings (SSSR count). The maximum atomic E-state index is 10.5. The van der Waals surface area contributed by atoms with Crippen molar-refractivity contribution in [2.75, 3.05) is 13.2 Å². The molecular weight excluding hydrogens is 240 g/mol. The van der Waals surface area contributed by atoms with Crippen LogP contribution in [0.15, 0.2) is 36.4 Å². The molecule has 19 heavy (non-hydrogen) atoms. The lowest BCUT2D eigenvalue weighted by Gasteiger charge is -2.24. The first-order valence-corrected chi connectivity index (χ1v) is 6.28. The number of para-hydroxylation sites is 1. The van der Waals surface area contributed by atoms with Crippen molar-refractivity contribution in [3.63, 3.8) is 0 Å². The van der Waals surface area contributed by atoms with Crippen LogP contribution < -0.4 is 0 Å². The van der Waals surface area contributed by atoms with Gasteiger partial charge in [-0.2, -0.15) is 5.26 Å². The number of fused-ring (bicyclic) bond motifs is 1. The van der Waals surface area contributed by atoms with Crippen LogP contribution in [-0.2, 0) is 4.74 Å². The van der Waals surface area contributed by atoms with Crippen LogP contribution in [0.2, 0.25) is 0 Å². The summed E-state index contributed by atoms with van der Waals surface area (Å²) in [5, 5.41) is 20.8. The van der Waals surface area contributed by atoms with Crippen molar-refractivity contribution >= 4 is 10.9 Å². The Kier molecular flexibility index (Phi) is 2.94. The summed E-state index contributed by atoms with van der Waals surface area (Å²) >= 11 is 0. The fraction of sp³-hybridized carbons (Fsp3) is 0.333. The van der Waals surface area contributed by atoms with E-state index in [4.69, 9.17) is 4.74 Å². The van der Waals surface area contributed by atoms with Crippen molar-refractivity contribution < 1.29 is 9.84 Å². The minimum atomic E-state index is -0.912. The maximum Gasteiger partial charge on any atom is 0.117 e. The summed E-state index contributed by atoms with van der Waals surface area (Å²) in [6.07, 6.45) is -0.372. The molecule has 1 saturated heterocycles. The standard InChI is InChI=1S/C15H14N2O2/c16-9-15(7-8-19-10-15)14(18)13-6-5-11-3-1-2-4-12(11)17-13/h1-6,14,18H,7-8,10H2. The quantitative estimate of drug-likeness (QED) is 0.892. The number of aliphatic hydroxyl groups is 1. The molecule has 0 radical (unpaired) electrons. The molecule has 2 unspecified atom stereocenters. The van der Waals surface area contributed by atoms with Gasteiger partial charge in [-0.3, -0.25) is 4.98 Å². The molecule has 1 aliphatic rings. The van der Waals surface area contributed by atoms with E-state index in [9.17, 15) is 10.4 Å². The predicted molar refractivity (Wildman–Crippen MR) is 70.2 cm³/mol. The third-order valence-electron chi connectivity index (χ3n) is 3.70. The van der Waals surface area contributed by atoms with E-state index in [1.807, 2.05) is 30.3 Å². The first-order chi connectivity index (χ1) is 9.25. The second-order valence-electron chi connectivity index (χ2n) is 4.90. The summed E-state index contributed by atoms with van der Waals surface area (Å²) in [7, 11) is 0. The van der Waals surface area contributed by atoms with Crippen LogP contribution in [-0.4, -0.2) is 23.3 Å². The molecule has 1 aromatic carbocycles. The van der Waals surface area contributed by atoms with Gasteiger partial charge in [0.05, 0.1) is 23.9 Å². The largest absolute Gasteiger partial charge is 0.385 e. The Morgan fingerprint density at radius 1 is 1.32 bits per heavy atom. The van der Waals surface area contributed by atoms with Crippen LogP contribution in [0.25, 0.3) is 10.9 Å². The Balaban J connectivity index is 2.02. The zero-order valence-electron chi connectivity index (χ0n) is 10.4. The molecule has 0 spiro atoms. The van der Waals surface area contributed by atoms with Crippen LogP contribution in [0, 0.1) is 16.7 Å². The maximum absolute atomic E-state index is 10.5. The van der Waals surface area contributed by atoms with E-state index in [1.165, 1.54) is 0 Å². The van der Waals surface area contributed by atoms with Crippen LogP contribution >= 0.6 is 0 Å². The van der Waals surface area contributed by atoms with Gasteiger partial charge in [0, 0.05) is 12.0 Å². The highest BCUT2D eigenvalue weighted by atomic mass is 16.5. The fourth-order valence-electron chi connectivity index (χ4n) is 2.46. The van der Waals surface area contributed by atoms with Crippen molar-refractivity contribution in [2.45, 2.75) is 12.5 Å². The van der Waals surface area contributed by atoms with Crippen LogP contribution in [0.3, 0.4) is 0 Å². The highest BCUT2D eigenvalue weighted by molar-refractivity contribution is 5.78. The van der Waals surface area contributed by atoms with Crippen LogP contribution in [0.5, 0.6) is 0 Å². The van der Waals surface area contributed by atoms with Crippen molar-refractivity contribution in [1.29, 1.82) is 5.26 Å². The number of hydrogen-bond acceptors (Lipinski definition) is 4. The molecule has 1 N–H and O–H groups in total. The van der Waals surface area contributed by atoms with E-state index in [1.54, 1.807) is 6.07 Å². The SMILES string of the molecule is N#CC1(C(O)c2ccc3ccccc3n2)CCOC1. The normalized spacial score (nSPS) is 24.2. The molecule has 0 amide bonds. The second kappa shape index (κ2) is 4.61. The number of nitriles is 1. The first-order valence-electron chi connectivity index (χ1n) is 6.28. The number of rotatable bonds is 2. The van der Waals surface area contributed by atoms with E-state index >= 15 is 0 Å². The van der Waals surface area contributed by atoms with E-state index in [-0.39, 0.29) is 6.61 Å². The average Bonchev–Trinajstić information content (AvgIpc) is 2.96. The van der Waals surface area contributed by atoms with E-state index in [0.29, 0.717) is 18.7 Å². The molecule has 0 aliphatic carbocycles. The molecule has 96 valence electrons. The van der Waals surface area contributed by atoms with Gasteiger partial charge in [0.25, 0.3) is 0 Å². The Morgan fingerprint density at radius 3 is 2.89 bits per heavy atom. The first kappa shape index (κ1) is 12.1. The number of aromatic nitrogens is 1. The summed E-state index contributed by atoms with van der Waals surface area (Å²) < 4.78 is 5.27. The Morgan fingerprint density at radius 2 is 2.16 bits per heavy atom. The van der Waals surface area contributed by atoms with Crippen molar-refractivity contribution in [3.8, 4) is 6.07 Å². The van der Waals surface area contributed by atoms with Gasteiger partial charge in [-0.1, -0.05) is 24.3 Å². The zero-order valence-corrected chi connectivity index (χ0v) is 10.4. The molecular formula is C15H14N2O2. The number of nitrogens with zero attached hydrogens (tertiary/aromatic N) is 2. The monoisotopic (exact) mass is 254 g/mol. The molecule has 1 fully saturated rings. The van der Waals surface area contributed by atoms with Gasteiger partial charge < -0.3 is 9.84 Å². The summed E-state index contributed by atoms with van der Waals surface area (Å²) in [6, 6.07) is 13.6. The van der Waals surface area contributed by atoms with E-state index in [0.717, 1.165) is 10.9 Å². The average molecular weight is 254 g/mol. The highest BCUT2D eigenvalue weighted by Gasteiger charge is 2.43. The lowest BCUT2D eigenvalue weighted by atomic mass is 9.81. The molecule has 4 heteroatoms. The number of benzene rings is 1. The molecule has 1 aromatic heterocycles. The van der Waals surface area contributed by atoms with Gasteiger partial charge in [-0.25, -0.2) is 0 Å². The fourth-order valence-corrected chi connectivity index (χ4v) is 2.46.